The second-order valence-electron chi connectivity index (χ2n) is 5.73. The second kappa shape index (κ2) is 5.83. The van der Waals surface area contributed by atoms with Gasteiger partial charge in [-0.3, -0.25) is 0 Å². The number of rotatable bonds is 4. The SMILES string of the molecule is CCCN(c1nc2ccccc2o1)C1CCC(N)CC1. The van der Waals surface area contributed by atoms with Crippen LogP contribution in [0.2, 0.25) is 0 Å². The highest BCUT2D eigenvalue weighted by Crippen LogP contribution is 2.29. The van der Waals surface area contributed by atoms with Crippen molar-refractivity contribution in [1.29, 1.82) is 0 Å². The maximum atomic E-state index is 6.01. The van der Waals surface area contributed by atoms with Crippen molar-refractivity contribution in [1.82, 2.24) is 4.98 Å². The summed E-state index contributed by atoms with van der Waals surface area (Å²) >= 11 is 0. The summed E-state index contributed by atoms with van der Waals surface area (Å²) in [7, 11) is 0. The van der Waals surface area contributed by atoms with Crippen LogP contribution in [-0.4, -0.2) is 23.6 Å². The number of aromatic nitrogens is 1. The molecule has 0 unspecified atom stereocenters. The molecule has 0 amide bonds. The molecule has 1 heterocycles. The van der Waals surface area contributed by atoms with Gasteiger partial charge >= 0.3 is 0 Å². The summed E-state index contributed by atoms with van der Waals surface area (Å²) in [5, 5.41) is 0. The quantitative estimate of drug-likeness (QED) is 0.928. The zero-order valence-corrected chi connectivity index (χ0v) is 12.1. The molecule has 0 saturated heterocycles. The second-order valence-corrected chi connectivity index (χ2v) is 5.73. The van der Waals surface area contributed by atoms with Crippen LogP contribution in [0.25, 0.3) is 11.1 Å². The minimum Gasteiger partial charge on any atom is -0.423 e. The Bertz CT molecular complexity index is 525. The van der Waals surface area contributed by atoms with Gasteiger partial charge in [0.25, 0.3) is 6.01 Å². The minimum atomic E-state index is 0.373. The normalized spacial score (nSPS) is 23.1. The Labute approximate surface area is 120 Å². The van der Waals surface area contributed by atoms with Crippen LogP contribution in [0.15, 0.2) is 28.7 Å². The predicted octanol–water partition coefficient (Wildman–Crippen LogP) is 3.31. The van der Waals surface area contributed by atoms with Crippen molar-refractivity contribution in [3.05, 3.63) is 24.3 Å². The van der Waals surface area contributed by atoms with Crippen LogP contribution in [-0.2, 0) is 0 Å². The smallest absolute Gasteiger partial charge is 0.298 e. The van der Waals surface area contributed by atoms with Crippen molar-refractivity contribution in [3.8, 4) is 0 Å². The summed E-state index contributed by atoms with van der Waals surface area (Å²) in [6.07, 6.45) is 5.58. The van der Waals surface area contributed by atoms with Gasteiger partial charge in [-0.1, -0.05) is 19.1 Å². The maximum Gasteiger partial charge on any atom is 0.298 e. The summed E-state index contributed by atoms with van der Waals surface area (Å²) < 4.78 is 5.95. The van der Waals surface area contributed by atoms with Gasteiger partial charge in [0.2, 0.25) is 0 Å². The van der Waals surface area contributed by atoms with E-state index in [1.165, 1.54) is 0 Å². The number of oxazole rings is 1. The number of anilines is 1. The molecule has 4 nitrogen and oxygen atoms in total. The van der Waals surface area contributed by atoms with Crippen LogP contribution in [0.3, 0.4) is 0 Å². The first-order valence-corrected chi connectivity index (χ1v) is 7.65. The van der Waals surface area contributed by atoms with Gasteiger partial charge in [-0.05, 0) is 44.2 Å². The number of nitrogens with zero attached hydrogens (tertiary/aromatic N) is 2. The number of benzene rings is 1. The zero-order chi connectivity index (χ0) is 13.9. The topological polar surface area (TPSA) is 55.3 Å². The molecule has 4 heteroatoms. The lowest BCUT2D eigenvalue weighted by Gasteiger charge is -2.34. The van der Waals surface area contributed by atoms with Crippen LogP contribution < -0.4 is 10.6 Å². The van der Waals surface area contributed by atoms with E-state index >= 15 is 0 Å². The molecule has 1 aromatic carbocycles. The lowest BCUT2D eigenvalue weighted by atomic mass is 9.91. The summed E-state index contributed by atoms with van der Waals surface area (Å²) in [4.78, 5) is 6.99. The third-order valence-corrected chi connectivity index (χ3v) is 4.17. The number of hydrogen-bond donors (Lipinski definition) is 1. The van der Waals surface area contributed by atoms with Crippen molar-refractivity contribution in [3.63, 3.8) is 0 Å². The number of nitrogens with two attached hydrogens (primary N) is 1. The largest absolute Gasteiger partial charge is 0.423 e. The van der Waals surface area contributed by atoms with Gasteiger partial charge < -0.3 is 15.1 Å². The molecule has 1 saturated carbocycles. The fourth-order valence-corrected chi connectivity index (χ4v) is 3.07. The first-order chi connectivity index (χ1) is 9.78. The van der Waals surface area contributed by atoms with Gasteiger partial charge in [0, 0.05) is 18.6 Å². The first kappa shape index (κ1) is 13.4. The summed E-state index contributed by atoms with van der Waals surface area (Å²) in [5.74, 6) is 0. The van der Waals surface area contributed by atoms with E-state index in [9.17, 15) is 0 Å². The Balaban J connectivity index is 1.85. The van der Waals surface area contributed by atoms with E-state index < -0.39 is 0 Å². The zero-order valence-electron chi connectivity index (χ0n) is 12.1. The molecule has 1 aliphatic carbocycles. The van der Waals surface area contributed by atoms with E-state index in [0.29, 0.717) is 12.1 Å². The molecule has 1 aromatic heterocycles. The average Bonchev–Trinajstić information content (AvgIpc) is 2.89. The molecule has 2 aromatic rings. The van der Waals surface area contributed by atoms with Gasteiger partial charge in [-0.25, -0.2) is 0 Å². The van der Waals surface area contributed by atoms with E-state index in [-0.39, 0.29) is 0 Å². The Morgan fingerprint density at radius 2 is 2.00 bits per heavy atom. The molecule has 20 heavy (non-hydrogen) atoms. The van der Waals surface area contributed by atoms with E-state index in [1.54, 1.807) is 0 Å². The molecule has 3 rings (SSSR count). The Hall–Kier alpha value is -1.55. The van der Waals surface area contributed by atoms with Crippen molar-refractivity contribution < 1.29 is 4.42 Å². The van der Waals surface area contributed by atoms with Crippen LogP contribution >= 0.6 is 0 Å². The van der Waals surface area contributed by atoms with Crippen molar-refractivity contribution >= 4 is 17.1 Å². The lowest BCUT2D eigenvalue weighted by Crippen LogP contribution is -2.41. The third kappa shape index (κ3) is 2.66. The Morgan fingerprint density at radius 3 is 2.70 bits per heavy atom. The number of hydrogen-bond acceptors (Lipinski definition) is 4. The monoisotopic (exact) mass is 273 g/mol. The van der Waals surface area contributed by atoms with Crippen LogP contribution in [0.1, 0.15) is 39.0 Å². The van der Waals surface area contributed by atoms with Gasteiger partial charge in [0.05, 0.1) is 0 Å². The van der Waals surface area contributed by atoms with Crippen LogP contribution in [0.4, 0.5) is 6.01 Å². The summed E-state index contributed by atoms with van der Waals surface area (Å²) in [5.41, 5.74) is 7.83. The van der Waals surface area contributed by atoms with Gasteiger partial charge in [-0.15, -0.1) is 0 Å². The standard InChI is InChI=1S/C16H23N3O/c1-2-11-19(13-9-7-12(17)8-10-13)16-18-14-5-3-4-6-15(14)20-16/h3-6,12-13H,2,7-11,17H2,1H3. The van der Waals surface area contributed by atoms with Crippen molar-refractivity contribution in [2.24, 2.45) is 5.73 Å². The van der Waals surface area contributed by atoms with Gasteiger partial charge in [0.15, 0.2) is 5.58 Å². The highest BCUT2D eigenvalue weighted by atomic mass is 16.4. The van der Waals surface area contributed by atoms with Crippen LogP contribution in [0.5, 0.6) is 0 Å². The predicted molar refractivity (Wildman–Crippen MR) is 81.9 cm³/mol. The summed E-state index contributed by atoms with van der Waals surface area (Å²) in [6.45, 7) is 3.19. The molecule has 1 fully saturated rings. The Morgan fingerprint density at radius 1 is 1.25 bits per heavy atom. The molecule has 0 atom stereocenters. The average molecular weight is 273 g/mol. The van der Waals surface area contributed by atoms with E-state index in [4.69, 9.17) is 10.2 Å². The van der Waals surface area contributed by atoms with Gasteiger partial charge in [-0.2, -0.15) is 4.98 Å². The maximum absolute atomic E-state index is 6.01. The fourth-order valence-electron chi connectivity index (χ4n) is 3.07. The molecule has 0 spiro atoms. The highest BCUT2D eigenvalue weighted by molar-refractivity contribution is 5.74. The molecule has 1 aliphatic rings. The van der Waals surface area contributed by atoms with Crippen molar-refractivity contribution in [2.45, 2.75) is 51.1 Å². The highest BCUT2D eigenvalue weighted by Gasteiger charge is 2.26. The molecule has 2 N–H and O–H groups in total. The molecule has 0 radical (unpaired) electrons. The number of fused-ring (bicyclic) bond motifs is 1. The lowest BCUT2D eigenvalue weighted by molar-refractivity contribution is 0.362. The molecular weight excluding hydrogens is 250 g/mol. The molecule has 0 aliphatic heterocycles. The minimum absolute atomic E-state index is 0.373. The van der Waals surface area contributed by atoms with E-state index in [2.05, 4.69) is 16.8 Å². The first-order valence-electron chi connectivity index (χ1n) is 7.65. The molecule has 0 bridgehead atoms. The molecule has 108 valence electrons. The van der Waals surface area contributed by atoms with Crippen LogP contribution in [0, 0.1) is 0 Å². The third-order valence-electron chi connectivity index (χ3n) is 4.17. The fraction of sp³-hybridized carbons (Fsp3) is 0.562. The van der Waals surface area contributed by atoms with Crippen molar-refractivity contribution in [2.75, 3.05) is 11.4 Å². The van der Waals surface area contributed by atoms with Gasteiger partial charge in [0.1, 0.15) is 5.52 Å². The number of para-hydroxylation sites is 2. The summed E-state index contributed by atoms with van der Waals surface area (Å²) in [6, 6.07) is 9.63. The Kier molecular flexibility index (Phi) is 3.92. The van der Waals surface area contributed by atoms with E-state index in [0.717, 1.165) is 55.8 Å². The van der Waals surface area contributed by atoms with E-state index in [1.807, 2.05) is 24.3 Å². The molecular formula is C16H23N3O.